The quantitative estimate of drug-likeness (QED) is 0.475. The van der Waals surface area contributed by atoms with Crippen LogP contribution in [0, 0.1) is 17.7 Å². The molecular weight excluding hydrogens is 209 g/mol. The van der Waals surface area contributed by atoms with E-state index in [-0.39, 0.29) is 5.82 Å². The molecule has 1 rings (SSSR count). The third-order valence-corrected chi connectivity index (χ3v) is 1.28. The molecule has 1 aromatic heterocycles. The third-order valence-electron chi connectivity index (χ3n) is 1.00. The number of nitrogens with zero attached hydrogens (tertiary/aromatic N) is 1. The number of hydrogen-bond donors (Lipinski definition) is 0. The molecule has 0 aliphatic carbocycles. The lowest BCUT2D eigenvalue weighted by molar-refractivity contribution is 0.621. The molecule has 0 radical (unpaired) electrons. The standard InChI is InChI=1S/C8H5BrFN/c9-3-1-2-7-4-8(10)6-11-5-7/h4-6H,3H2. The van der Waals surface area contributed by atoms with Crippen LogP contribution in [0.3, 0.4) is 0 Å². The first-order chi connectivity index (χ1) is 5.33. The van der Waals surface area contributed by atoms with Gasteiger partial charge in [0.1, 0.15) is 5.82 Å². The highest BCUT2D eigenvalue weighted by Gasteiger charge is 1.89. The van der Waals surface area contributed by atoms with Crippen LogP contribution in [0.1, 0.15) is 5.56 Å². The van der Waals surface area contributed by atoms with Crippen LogP contribution < -0.4 is 0 Å². The van der Waals surface area contributed by atoms with Gasteiger partial charge in [-0.2, -0.15) is 0 Å². The first kappa shape index (κ1) is 8.22. The summed E-state index contributed by atoms with van der Waals surface area (Å²) in [6.45, 7) is 0. The van der Waals surface area contributed by atoms with Crippen LogP contribution in [-0.4, -0.2) is 10.3 Å². The molecule has 1 aromatic rings. The van der Waals surface area contributed by atoms with Crippen molar-refractivity contribution in [2.24, 2.45) is 0 Å². The number of rotatable bonds is 0. The monoisotopic (exact) mass is 213 g/mol. The first-order valence-corrected chi connectivity index (χ1v) is 4.10. The van der Waals surface area contributed by atoms with E-state index in [2.05, 4.69) is 32.8 Å². The van der Waals surface area contributed by atoms with E-state index in [9.17, 15) is 4.39 Å². The van der Waals surface area contributed by atoms with Gasteiger partial charge >= 0.3 is 0 Å². The van der Waals surface area contributed by atoms with Crippen molar-refractivity contribution in [2.75, 3.05) is 5.33 Å². The second kappa shape index (κ2) is 4.09. The van der Waals surface area contributed by atoms with Crippen molar-refractivity contribution in [1.82, 2.24) is 4.98 Å². The molecule has 0 spiro atoms. The molecule has 11 heavy (non-hydrogen) atoms. The second-order valence-electron chi connectivity index (χ2n) is 1.83. The van der Waals surface area contributed by atoms with Crippen LogP contribution in [0.4, 0.5) is 4.39 Å². The Morgan fingerprint density at radius 1 is 1.55 bits per heavy atom. The molecule has 0 saturated carbocycles. The smallest absolute Gasteiger partial charge is 0.142 e. The zero-order chi connectivity index (χ0) is 8.10. The summed E-state index contributed by atoms with van der Waals surface area (Å²) in [4.78, 5) is 3.64. The lowest BCUT2D eigenvalue weighted by Gasteiger charge is -1.87. The SMILES string of the molecule is Fc1cncc(C#CCBr)c1. The molecule has 0 aliphatic rings. The van der Waals surface area contributed by atoms with Gasteiger partial charge in [0.15, 0.2) is 0 Å². The number of alkyl halides is 1. The average Bonchev–Trinajstić information content (AvgIpc) is 2.01. The van der Waals surface area contributed by atoms with Gasteiger partial charge in [0.2, 0.25) is 0 Å². The fourth-order valence-corrected chi connectivity index (χ4v) is 0.756. The minimum atomic E-state index is -0.355. The summed E-state index contributed by atoms with van der Waals surface area (Å²) >= 11 is 3.14. The Balaban J connectivity index is 2.87. The molecule has 0 atom stereocenters. The van der Waals surface area contributed by atoms with Gasteiger partial charge in [-0.3, -0.25) is 4.98 Å². The molecule has 56 valence electrons. The fraction of sp³-hybridized carbons (Fsp3) is 0.125. The molecule has 0 saturated heterocycles. The highest BCUT2D eigenvalue weighted by Crippen LogP contribution is 1.97. The highest BCUT2D eigenvalue weighted by molar-refractivity contribution is 9.09. The Kier molecular flexibility index (Phi) is 3.06. The number of hydrogen-bond acceptors (Lipinski definition) is 1. The predicted octanol–water partition coefficient (Wildman–Crippen LogP) is 1.97. The summed E-state index contributed by atoms with van der Waals surface area (Å²) in [7, 11) is 0. The van der Waals surface area contributed by atoms with Crippen molar-refractivity contribution in [2.45, 2.75) is 0 Å². The maximum atomic E-state index is 12.5. The highest BCUT2D eigenvalue weighted by atomic mass is 79.9. The maximum absolute atomic E-state index is 12.5. The normalized spacial score (nSPS) is 8.55. The van der Waals surface area contributed by atoms with Crippen LogP contribution in [0.15, 0.2) is 18.5 Å². The molecule has 0 N–H and O–H groups in total. The van der Waals surface area contributed by atoms with E-state index < -0.39 is 0 Å². The van der Waals surface area contributed by atoms with E-state index in [1.165, 1.54) is 12.3 Å². The Morgan fingerprint density at radius 3 is 3.00 bits per heavy atom. The first-order valence-electron chi connectivity index (χ1n) is 2.98. The van der Waals surface area contributed by atoms with E-state index in [1.54, 1.807) is 0 Å². The second-order valence-corrected chi connectivity index (χ2v) is 2.39. The van der Waals surface area contributed by atoms with Gasteiger partial charge in [0.05, 0.1) is 11.5 Å². The van der Waals surface area contributed by atoms with Gasteiger partial charge in [-0.05, 0) is 6.07 Å². The third kappa shape index (κ3) is 2.69. The Morgan fingerprint density at radius 2 is 2.36 bits per heavy atom. The lowest BCUT2D eigenvalue weighted by atomic mass is 10.3. The lowest BCUT2D eigenvalue weighted by Crippen LogP contribution is -1.80. The van der Waals surface area contributed by atoms with Gasteiger partial charge in [-0.25, -0.2) is 4.39 Å². The Bertz CT molecular complexity index is 300. The summed E-state index contributed by atoms with van der Waals surface area (Å²) in [5.41, 5.74) is 0.601. The number of aromatic nitrogens is 1. The number of halogens is 2. The van der Waals surface area contributed by atoms with Gasteiger partial charge in [-0.15, -0.1) is 0 Å². The zero-order valence-electron chi connectivity index (χ0n) is 5.64. The van der Waals surface area contributed by atoms with Crippen molar-refractivity contribution in [3.8, 4) is 11.8 Å². The average molecular weight is 214 g/mol. The van der Waals surface area contributed by atoms with E-state index in [4.69, 9.17) is 0 Å². The Labute approximate surface area is 72.8 Å². The molecule has 0 amide bonds. The van der Waals surface area contributed by atoms with Crippen molar-refractivity contribution >= 4 is 15.9 Å². The van der Waals surface area contributed by atoms with E-state index in [0.29, 0.717) is 10.9 Å². The minimum Gasteiger partial charge on any atom is -0.260 e. The summed E-state index contributed by atoms with van der Waals surface area (Å²) in [6, 6.07) is 1.35. The maximum Gasteiger partial charge on any atom is 0.142 e. The van der Waals surface area contributed by atoms with Crippen molar-refractivity contribution < 1.29 is 4.39 Å². The van der Waals surface area contributed by atoms with Gasteiger partial charge in [-0.1, -0.05) is 27.8 Å². The van der Waals surface area contributed by atoms with Crippen LogP contribution in [0.5, 0.6) is 0 Å². The van der Waals surface area contributed by atoms with Crippen LogP contribution in [0.2, 0.25) is 0 Å². The van der Waals surface area contributed by atoms with E-state index in [1.807, 2.05) is 0 Å². The molecule has 1 nitrogen and oxygen atoms in total. The minimum absolute atomic E-state index is 0.355. The fourth-order valence-electron chi connectivity index (χ4n) is 0.616. The predicted molar refractivity (Wildman–Crippen MR) is 44.9 cm³/mol. The van der Waals surface area contributed by atoms with E-state index in [0.717, 1.165) is 6.20 Å². The number of pyridine rings is 1. The summed E-state index contributed by atoms with van der Waals surface area (Å²) in [5, 5.41) is 0.587. The van der Waals surface area contributed by atoms with Gasteiger partial charge in [0, 0.05) is 11.8 Å². The van der Waals surface area contributed by atoms with Crippen molar-refractivity contribution in [1.29, 1.82) is 0 Å². The molecule has 1 heterocycles. The Hall–Kier alpha value is -0.880. The molecule has 0 aliphatic heterocycles. The van der Waals surface area contributed by atoms with Crippen LogP contribution in [-0.2, 0) is 0 Å². The summed E-state index contributed by atoms with van der Waals surface area (Å²) in [5.74, 6) is 5.13. The van der Waals surface area contributed by atoms with Crippen LogP contribution in [0.25, 0.3) is 0 Å². The van der Waals surface area contributed by atoms with Crippen LogP contribution >= 0.6 is 15.9 Å². The molecule has 0 fully saturated rings. The molecule has 0 aromatic carbocycles. The summed E-state index contributed by atoms with van der Waals surface area (Å²) in [6.07, 6.45) is 2.68. The largest absolute Gasteiger partial charge is 0.260 e. The topological polar surface area (TPSA) is 12.9 Å². The van der Waals surface area contributed by atoms with Crippen molar-refractivity contribution in [3.63, 3.8) is 0 Å². The van der Waals surface area contributed by atoms with Gasteiger partial charge in [0.25, 0.3) is 0 Å². The zero-order valence-corrected chi connectivity index (χ0v) is 7.23. The summed E-state index contributed by atoms with van der Waals surface area (Å²) < 4.78 is 12.5. The molecule has 0 bridgehead atoms. The van der Waals surface area contributed by atoms with Gasteiger partial charge < -0.3 is 0 Å². The van der Waals surface area contributed by atoms with E-state index >= 15 is 0 Å². The molecule has 0 unspecified atom stereocenters. The molecular formula is C8H5BrFN. The van der Waals surface area contributed by atoms with Crippen molar-refractivity contribution in [3.05, 3.63) is 29.8 Å². The molecule has 3 heteroatoms.